The van der Waals surface area contributed by atoms with Gasteiger partial charge in [-0.15, -0.1) is 0 Å². The van der Waals surface area contributed by atoms with Crippen molar-refractivity contribution < 1.29 is 9.53 Å². The first-order chi connectivity index (χ1) is 9.76. The van der Waals surface area contributed by atoms with Gasteiger partial charge in [-0.3, -0.25) is 4.79 Å². The molecule has 2 rings (SSSR count). The normalized spacial score (nSPS) is 10.3. The van der Waals surface area contributed by atoms with Crippen molar-refractivity contribution in [2.24, 2.45) is 0 Å². The fourth-order valence-electron chi connectivity index (χ4n) is 1.75. The van der Waals surface area contributed by atoms with Crippen molar-refractivity contribution in [3.8, 4) is 11.3 Å². The molecule has 0 saturated heterocycles. The predicted octanol–water partition coefficient (Wildman–Crippen LogP) is 2.23. The van der Waals surface area contributed by atoms with Gasteiger partial charge in [0.05, 0.1) is 17.9 Å². The second-order valence-corrected chi connectivity index (χ2v) is 4.88. The number of ether oxygens (including phenoxy) is 1. The second-order valence-electron chi connectivity index (χ2n) is 4.10. The van der Waals surface area contributed by atoms with Crippen LogP contribution in [0, 0.1) is 0 Å². The van der Waals surface area contributed by atoms with Crippen LogP contribution in [0.3, 0.4) is 0 Å². The summed E-state index contributed by atoms with van der Waals surface area (Å²) < 4.78 is 5.00. The Hall–Kier alpha value is -1.92. The molecule has 0 aliphatic rings. The number of nitrogens with zero attached hydrogens (tertiary/aromatic N) is 1. The SMILES string of the molecule is CNC(=O)c1ccc(-c2ccsc2)nc1NCCOC. The number of hydrogen-bond acceptors (Lipinski definition) is 5. The highest BCUT2D eigenvalue weighted by Gasteiger charge is 2.13. The number of hydrogen-bond donors (Lipinski definition) is 2. The van der Waals surface area contributed by atoms with Gasteiger partial charge in [0.1, 0.15) is 5.82 Å². The number of methoxy groups -OCH3 is 1. The van der Waals surface area contributed by atoms with Crippen molar-refractivity contribution in [3.05, 3.63) is 34.5 Å². The maximum absolute atomic E-state index is 11.8. The summed E-state index contributed by atoms with van der Waals surface area (Å²) in [7, 11) is 3.24. The van der Waals surface area contributed by atoms with Crippen molar-refractivity contribution in [1.29, 1.82) is 0 Å². The fourth-order valence-corrected chi connectivity index (χ4v) is 2.40. The van der Waals surface area contributed by atoms with Crippen LogP contribution in [0.25, 0.3) is 11.3 Å². The summed E-state index contributed by atoms with van der Waals surface area (Å²) in [4.78, 5) is 16.4. The molecule has 2 heterocycles. The summed E-state index contributed by atoms with van der Waals surface area (Å²) in [5.74, 6) is 0.416. The van der Waals surface area contributed by atoms with E-state index in [4.69, 9.17) is 4.74 Å². The minimum atomic E-state index is -0.158. The number of carbonyl (C=O) groups is 1. The zero-order valence-electron chi connectivity index (χ0n) is 11.5. The number of rotatable bonds is 6. The highest BCUT2D eigenvalue weighted by molar-refractivity contribution is 7.08. The van der Waals surface area contributed by atoms with Crippen molar-refractivity contribution in [1.82, 2.24) is 10.3 Å². The van der Waals surface area contributed by atoms with Gasteiger partial charge in [-0.1, -0.05) is 0 Å². The van der Waals surface area contributed by atoms with Gasteiger partial charge in [0.25, 0.3) is 5.91 Å². The molecule has 1 amide bonds. The van der Waals surface area contributed by atoms with Crippen LogP contribution in [0.15, 0.2) is 29.0 Å². The van der Waals surface area contributed by atoms with E-state index in [9.17, 15) is 4.79 Å². The highest BCUT2D eigenvalue weighted by atomic mass is 32.1. The van der Waals surface area contributed by atoms with E-state index < -0.39 is 0 Å². The van der Waals surface area contributed by atoms with E-state index in [1.165, 1.54) is 0 Å². The van der Waals surface area contributed by atoms with E-state index >= 15 is 0 Å². The van der Waals surface area contributed by atoms with Crippen LogP contribution in [0.4, 0.5) is 5.82 Å². The third-order valence-corrected chi connectivity index (χ3v) is 3.47. The lowest BCUT2D eigenvalue weighted by atomic mass is 10.1. The van der Waals surface area contributed by atoms with E-state index in [2.05, 4.69) is 15.6 Å². The molecule has 2 aromatic heterocycles. The lowest BCUT2D eigenvalue weighted by Crippen LogP contribution is -2.21. The smallest absolute Gasteiger partial charge is 0.254 e. The van der Waals surface area contributed by atoms with Gasteiger partial charge in [0.15, 0.2) is 0 Å². The third kappa shape index (κ3) is 3.34. The predicted molar refractivity (Wildman–Crippen MR) is 81.3 cm³/mol. The van der Waals surface area contributed by atoms with Crippen molar-refractivity contribution >= 4 is 23.1 Å². The molecule has 0 unspecified atom stereocenters. The van der Waals surface area contributed by atoms with E-state index in [1.54, 1.807) is 31.6 Å². The van der Waals surface area contributed by atoms with E-state index in [0.717, 1.165) is 11.3 Å². The quantitative estimate of drug-likeness (QED) is 0.801. The molecule has 0 aliphatic heterocycles. The Labute approximate surface area is 122 Å². The third-order valence-electron chi connectivity index (χ3n) is 2.78. The molecule has 5 nitrogen and oxygen atoms in total. The Balaban J connectivity index is 2.31. The van der Waals surface area contributed by atoms with Crippen molar-refractivity contribution in [3.63, 3.8) is 0 Å². The summed E-state index contributed by atoms with van der Waals surface area (Å²) in [5.41, 5.74) is 2.43. The van der Waals surface area contributed by atoms with Crippen molar-refractivity contribution in [2.45, 2.75) is 0 Å². The average molecular weight is 291 g/mol. The Bertz CT molecular complexity index is 570. The topological polar surface area (TPSA) is 63.2 Å². The molecule has 20 heavy (non-hydrogen) atoms. The zero-order chi connectivity index (χ0) is 14.4. The zero-order valence-corrected chi connectivity index (χ0v) is 12.3. The minimum absolute atomic E-state index is 0.158. The van der Waals surface area contributed by atoms with Gasteiger partial charge in [-0.25, -0.2) is 4.98 Å². The molecular formula is C14H17N3O2S. The molecule has 0 atom stereocenters. The number of anilines is 1. The van der Waals surface area contributed by atoms with Crippen LogP contribution in [0.2, 0.25) is 0 Å². The number of amides is 1. The lowest BCUT2D eigenvalue weighted by Gasteiger charge is -2.11. The molecule has 0 aromatic carbocycles. The van der Waals surface area contributed by atoms with Gasteiger partial charge in [0.2, 0.25) is 0 Å². The molecule has 2 aromatic rings. The summed E-state index contributed by atoms with van der Waals surface area (Å²) >= 11 is 1.62. The molecule has 6 heteroatoms. The first kappa shape index (κ1) is 14.5. The molecule has 0 fully saturated rings. The van der Waals surface area contributed by atoms with Crippen LogP contribution >= 0.6 is 11.3 Å². The second kappa shape index (κ2) is 7.02. The van der Waals surface area contributed by atoms with Crippen LogP contribution in [-0.4, -0.2) is 38.2 Å². The van der Waals surface area contributed by atoms with Gasteiger partial charge in [-0.2, -0.15) is 11.3 Å². The molecule has 0 aliphatic carbocycles. The summed E-state index contributed by atoms with van der Waals surface area (Å²) in [6, 6.07) is 5.65. The molecule has 0 spiro atoms. The number of pyridine rings is 1. The van der Waals surface area contributed by atoms with Gasteiger partial charge < -0.3 is 15.4 Å². The summed E-state index contributed by atoms with van der Waals surface area (Å²) in [6.07, 6.45) is 0. The molecule has 106 valence electrons. The molecular weight excluding hydrogens is 274 g/mol. The van der Waals surface area contributed by atoms with Gasteiger partial charge >= 0.3 is 0 Å². The number of aromatic nitrogens is 1. The van der Waals surface area contributed by atoms with Crippen LogP contribution < -0.4 is 10.6 Å². The lowest BCUT2D eigenvalue weighted by molar-refractivity contribution is 0.0963. The van der Waals surface area contributed by atoms with E-state index in [-0.39, 0.29) is 5.91 Å². The molecule has 2 N–H and O–H groups in total. The van der Waals surface area contributed by atoms with E-state index in [1.807, 2.05) is 22.9 Å². The first-order valence-electron chi connectivity index (χ1n) is 6.24. The Morgan fingerprint density at radius 3 is 2.90 bits per heavy atom. The number of carbonyl (C=O) groups excluding carboxylic acids is 1. The summed E-state index contributed by atoms with van der Waals surface area (Å²) in [5, 5.41) is 9.79. The molecule has 0 bridgehead atoms. The monoisotopic (exact) mass is 291 g/mol. The summed E-state index contributed by atoms with van der Waals surface area (Å²) in [6.45, 7) is 1.15. The van der Waals surface area contributed by atoms with Crippen molar-refractivity contribution in [2.75, 3.05) is 32.6 Å². The van der Waals surface area contributed by atoms with Crippen LogP contribution in [-0.2, 0) is 4.74 Å². The largest absolute Gasteiger partial charge is 0.383 e. The average Bonchev–Trinajstić information content (AvgIpc) is 3.01. The highest BCUT2D eigenvalue weighted by Crippen LogP contribution is 2.23. The Kier molecular flexibility index (Phi) is 5.09. The van der Waals surface area contributed by atoms with Crippen LogP contribution in [0.5, 0.6) is 0 Å². The number of thiophene rings is 1. The van der Waals surface area contributed by atoms with Gasteiger partial charge in [0, 0.05) is 31.6 Å². The maximum atomic E-state index is 11.8. The standard InChI is InChI=1S/C14H17N3O2S/c1-15-14(18)11-3-4-12(10-5-8-20-9-10)17-13(11)16-6-7-19-2/h3-5,8-9H,6-7H2,1-2H3,(H,15,18)(H,16,17). The van der Waals surface area contributed by atoms with E-state index in [0.29, 0.717) is 24.5 Å². The Morgan fingerprint density at radius 2 is 2.25 bits per heavy atom. The maximum Gasteiger partial charge on any atom is 0.254 e. The first-order valence-corrected chi connectivity index (χ1v) is 7.19. The number of nitrogens with one attached hydrogen (secondary N) is 2. The van der Waals surface area contributed by atoms with Crippen LogP contribution in [0.1, 0.15) is 10.4 Å². The molecule has 0 saturated carbocycles. The van der Waals surface area contributed by atoms with Gasteiger partial charge in [-0.05, 0) is 23.6 Å². The fraction of sp³-hybridized carbons (Fsp3) is 0.286. The Morgan fingerprint density at radius 1 is 1.40 bits per heavy atom. The molecule has 0 radical (unpaired) electrons. The minimum Gasteiger partial charge on any atom is -0.383 e.